The predicted molar refractivity (Wildman–Crippen MR) is 75.5 cm³/mol. The van der Waals surface area contributed by atoms with E-state index in [0.717, 1.165) is 5.56 Å². The number of ether oxygens (including phenoxy) is 2. The van der Waals surface area contributed by atoms with E-state index in [0.29, 0.717) is 11.5 Å². The summed E-state index contributed by atoms with van der Waals surface area (Å²) in [5.41, 5.74) is 0.740. The predicted octanol–water partition coefficient (Wildman–Crippen LogP) is 2.16. The lowest BCUT2D eigenvalue weighted by atomic mass is 10.0. The highest BCUT2D eigenvalue weighted by atomic mass is 16.5. The topological polar surface area (TPSA) is 74.7 Å². The third kappa shape index (κ3) is 2.17. The molecule has 0 aromatic heterocycles. The van der Waals surface area contributed by atoms with Crippen molar-refractivity contribution < 1.29 is 14.3 Å². The molecule has 0 bridgehead atoms. The summed E-state index contributed by atoms with van der Waals surface area (Å²) in [6.07, 6.45) is 0. The molecular weight excluding hydrogens is 258 g/mol. The maximum atomic E-state index is 12.0. The quantitative estimate of drug-likeness (QED) is 0.885. The van der Waals surface area contributed by atoms with Gasteiger partial charge in [0.15, 0.2) is 11.5 Å². The maximum absolute atomic E-state index is 12.0. The van der Waals surface area contributed by atoms with Gasteiger partial charge in [-0.15, -0.1) is 0 Å². The van der Waals surface area contributed by atoms with Gasteiger partial charge in [0.05, 0.1) is 14.2 Å². The van der Waals surface area contributed by atoms with Crippen LogP contribution in [-0.2, 0) is 0 Å². The number of amidine groups is 1. The average Bonchev–Trinajstić information content (AvgIpc) is 2.72. The summed E-state index contributed by atoms with van der Waals surface area (Å²) >= 11 is 0. The molecular formula is C14H19N3O3. The van der Waals surface area contributed by atoms with E-state index in [4.69, 9.17) is 14.9 Å². The number of benzene rings is 1. The highest BCUT2D eigenvalue weighted by Crippen LogP contribution is 2.39. The molecule has 1 aliphatic heterocycles. The number of methoxy groups -OCH3 is 2. The molecule has 1 aliphatic rings. The minimum absolute atomic E-state index is 0.0289. The summed E-state index contributed by atoms with van der Waals surface area (Å²) < 4.78 is 10.7. The van der Waals surface area contributed by atoms with E-state index >= 15 is 0 Å². The number of nitrogens with zero attached hydrogens (tertiary/aromatic N) is 1. The molecule has 6 nitrogen and oxygen atoms in total. The standard InChI is InChI=1S/C14H19N3O3/c1-8(2)17-11(13(15)16-14(17)18)9-6-5-7-10(19-3)12(9)20-4/h5-8,11H,1-4H3,(H2,15,16,18). The van der Waals surface area contributed by atoms with E-state index in [1.807, 2.05) is 26.0 Å². The molecule has 0 radical (unpaired) electrons. The SMILES string of the molecule is COc1cccc(C2C(=N)NC(=O)N2C(C)C)c1OC. The van der Waals surface area contributed by atoms with Crippen LogP contribution in [0, 0.1) is 5.41 Å². The fourth-order valence-electron chi connectivity index (χ4n) is 2.47. The first kappa shape index (κ1) is 14.2. The maximum Gasteiger partial charge on any atom is 0.323 e. The van der Waals surface area contributed by atoms with E-state index in [9.17, 15) is 4.79 Å². The average molecular weight is 277 g/mol. The monoisotopic (exact) mass is 277 g/mol. The zero-order chi connectivity index (χ0) is 14.9. The summed E-state index contributed by atoms with van der Waals surface area (Å²) in [7, 11) is 3.11. The largest absolute Gasteiger partial charge is 0.493 e. The molecule has 2 N–H and O–H groups in total. The molecule has 0 saturated carbocycles. The van der Waals surface area contributed by atoms with Crippen LogP contribution in [0.1, 0.15) is 25.5 Å². The Kier molecular flexibility index (Phi) is 3.83. The number of nitrogens with one attached hydrogen (secondary N) is 2. The van der Waals surface area contributed by atoms with E-state index < -0.39 is 6.04 Å². The Morgan fingerprint density at radius 1 is 1.30 bits per heavy atom. The molecule has 108 valence electrons. The first-order valence-electron chi connectivity index (χ1n) is 6.39. The van der Waals surface area contributed by atoms with Gasteiger partial charge < -0.3 is 14.4 Å². The number of amides is 2. The summed E-state index contributed by atoms with van der Waals surface area (Å²) in [5, 5.41) is 10.6. The highest BCUT2D eigenvalue weighted by Gasteiger charge is 2.40. The third-order valence-electron chi connectivity index (χ3n) is 3.31. The van der Waals surface area contributed by atoms with Crippen molar-refractivity contribution in [1.82, 2.24) is 10.2 Å². The molecule has 2 amide bonds. The lowest BCUT2D eigenvalue weighted by Gasteiger charge is -2.28. The molecule has 2 rings (SSSR count). The van der Waals surface area contributed by atoms with Crippen molar-refractivity contribution in [2.24, 2.45) is 0 Å². The van der Waals surface area contributed by atoms with Crippen LogP contribution in [0.3, 0.4) is 0 Å². The lowest BCUT2D eigenvalue weighted by molar-refractivity contribution is 0.189. The smallest absolute Gasteiger partial charge is 0.323 e. The Morgan fingerprint density at radius 3 is 2.55 bits per heavy atom. The molecule has 1 fully saturated rings. The Labute approximate surface area is 118 Å². The zero-order valence-corrected chi connectivity index (χ0v) is 12.1. The summed E-state index contributed by atoms with van der Waals surface area (Å²) in [5.74, 6) is 1.28. The number of urea groups is 1. The van der Waals surface area contributed by atoms with Crippen LogP contribution in [0.25, 0.3) is 0 Å². The molecule has 6 heteroatoms. The number of rotatable bonds is 4. The van der Waals surface area contributed by atoms with Gasteiger partial charge in [0.25, 0.3) is 0 Å². The molecule has 1 atom stereocenters. The summed E-state index contributed by atoms with van der Waals surface area (Å²) in [4.78, 5) is 13.6. The minimum Gasteiger partial charge on any atom is -0.493 e. The van der Waals surface area contributed by atoms with Crippen molar-refractivity contribution in [3.63, 3.8) is 0 Å². The van der Waals surface area contributed by atoms with Gasteiger partial charge in [0.1, 0.15) is 11.9 Å². The number of carbonyl (C=O) groups excluding carboxylic acids is 1. The number of para-hydroxylation sites is 1. The van der Waals surface area contributed by atoms with Crippen molar-refractivity contribution >= 4 is 11.9 Å². The van der Waals surface area contributed by atoms with Gasteiger partial charge >= 0.3 is 6.03 Å². The van der Waals surface area contributed by atoms with E-state index in [1.54, 1.807) is 25.2 Å². The summed E-state index contributed by atoms with van der Waals surface area (Å²) in [6.45, 7) is 3.83. The van der Waals surface area contributed by atoms with Gasteiger partial charge in [0.2, 0.25) is 0 Å². The van der Waals surface area contributed by atoms with E-state index in [-0.39, 0.29) is 17.9 Å². The van der Waals surface area contributed by atoms with Gasteiger partial charge in [-0.3, -0.25) is 10.7 Å². The number of carbonyl (C=O) groups is 1. The van der Waals surface area contributed by atoms with Gasteiger partial charge in [-0.1, -0.05) is 12.1 Å². The molecule has 0 aliphatic carbocycles. The van der Waals surface area contributed by atoms with Crippen LogP contribution in [0.4, 0.5) is 4.79 Å². The van der Waals surface area contributed by atoms with Crippen molar-refractivity contribution in [2.75, 3.05) is 14.2 Å². The summed E-state index contributed by atoms with van der Waals surface area (Å²) in [6, 6.07) is 4.68. The van der Waals surface area contributed by atoms with E-state index in [2.05, 4.69) is 5.32 Å². The Bertz CT molecular complexity index is 542. The Hall–Kier alpha value is -2.24. The number of hydrogen-bond donors (Lipinski definition) is 2. The van der Waals surface area contributed by atoms with Gasteiger partial charge in [-0.25, -0.2) is 4.79 Å². The highest BCUT2D eigenvalue weighted by molar-refractivity contribution is 6.06. The molecule has 1 saturated heterocycles. The van der Waals surface area contributed by atoms with Crippen molar-refractivity contribution in [1.29, 1.82) is 5.41 Å². The van der Waals surface area contributed by atoms with Crippen LogP contribution in [0.5, 0.6) is 11.5 Å². The lowest BCUT2D eigenvalue weighted by Crippen LogP contribution is -2.35. The van der Waals surface area contributed by atoms with Crippen LogP contribution in [0.2, 0.25) is 0 Å². The molecule has 1 aromatic rings. The fourth-order valence-corrected chi connectivity index (χ4v) is 2.47. The molecule has 1 unspecified atom stereocenters. The van der Waals surface area contributed by atoms with Gasteiger partial charge in [-0.05, 0) is 19.9 Å². The van der Waals surface area contributed by atoms with Crippen LogP contribution < -0.4 is 14.8 Å². The fraction of sp³-hybridized carbons (Fsp3) is 0.429. The second-order valence-corrected chi connectivity index (χ2v) is 4.83. The van der Waals surface area contributed by atoms with Crippen molar-refractivity contribution in [2.45, 2.75) is 25.9 Å². The normalized spacial score (nSPS) is 18.4. The first-order valence-corrected chi connectivity index (χ1v) is 6.39. The van der Waals surface area contributed by atoms with Crippen molar-refractivity contribution in [3.8, 4) is 11.5 Å². The molecule has 20 heavy (non-hydrogen) atoms. The Morgan fingerprint density at radius 2 is 2.00 bits per heavy atom. The van der Waals surface area contributed by atoms with E-state index in [1.165, 1.54) is 0 Å². The first-order chi connectivity index (χ1) is 9.51. The molecule has 1 heterocycles. The van der Waals surface area contributed by atoms with Crippen LogP contribution >= 0.6 is 0 Å². The number of hydrogen-bond acceptors (Lipinski definition) is 4. The minimum atomic E-state index is -0.479. The van der Waals surface area contributed by atoms with Crippen LogP contribution in [-0.4, -0.2) is 37.0 Å². The second kappa shape index (κ2) is 5.40. The third-order valence-corrected chi connectivity index (χ3v) is 3.31. The van der Waals surface area contributed by atoms with Gasteiger partial charge in [0, 0.05) is 11.6 Å². The molecule has 0 spiro atoms. The second-order valence-electron chi connectivity index (χ2n) is 4.83. The van der Waals surface area contributed by atoms with Gasteiger partial charge in [-0.2, -0.15) is 0 Å². The van der Waals surface area contributed by atoms with Crippen LogP contribution in [0.15, 0.2) is 18.2 Å². The zero-order valence-electron chi connectivity index (χ0n) is 12.1. The Balaban J connectivity index is 2.54. The van der Waals surface area contributed by atoms with Crippen molar-refractivity contribution in [3.05, 3.63) is 23.8 Å². The molecule has 1 aromatic carbocycles.